The summed E-state index contributed by atoms with van der Waals surface area (Å²) in [5.74, 6) is -0.844. The number of anilines is 1. The van der Waals surface area contributed by atoms with Gasteiger partial charge in [-0.2, -0.15) is 4.39 Å². The van der Waals surface area contributed by atoms with Crippen molar-refractivity contribution in [1.29, 1.82) is 0 Å². The zero-order valence-electron chi connectivity index (χ0n) is 10.9. The van der Waals surface area contributed by atoms with Crippen molar-refractivity contribution in [3.8, 4) is 0 Å². The van der Waals surface area contributed by atoms with Gasteiger partial charge in [-0.1, -0.05) is 37.9 Å². The maximum absolute atomic E-state index is 13.3. The molecule has 21 heavy (non-hydrogen) atoms. The van der Waals surface area contributed by atoms with E-state index in [9.17, 15) is 14.5 Å². The SMILES string of the molecule is CC(Nc1ccc(F)c([N+](=O)[O-])c1)c1ccc(Br)cc1Br. The number of rotatable bonds is 4. The van der Waals surface area contributed by atoms with Crippen LogP contribution >= 0.6 is 31.9 Å². The highest BCUT2D eigenvalue weighted by Crippen LogP contribution is 2.30. The van der Waals surface area contributed by atoms with E-state index in [0.29, 0.717) is 5.69 Å². The Labute approximate surface area is 137 Å². The number of nitro benzene ring substituents is 1. The lowest BCUT2D eigenvalue weighted by atomic mass is 10.1. The van der Waals surface area contributed by atoms with E-state index in [1.165, 1.54) is 12.1 Å². The van der Waals surface area contributed by atoms with Gasteiger partial charge in [-0.3, -0.25) is 10.1 Å². The Morgan fingerprint density at radius 3 is 2.57 bits per heavy atom. The minimum absolute atomic E-state index is 0.0995. The quantitative estimate of drug-likeness (QED) is 0.532. The number of nitrogens with zero attached hydrogens (tertiary/aromatic N) is 1. The van der Waals surface area contributed by atoms with E-state index in [4.69, 9.17) is 0 Å². The molecule has 0 aliphatic carbocycles. The van der Waals surface area contributed by atoms with Crippen LogP contribution in [0.25, 0.3) is 0 Å². The number of nitro groups is 1. The monoisotopic (exact) mass is 416 g/mol. The fourth-order valence-corrected chi connectivity index (χ4v) is 3.31. The summed E-state index contributed by atoms with van der Waals surface area (Å²) in [6, 6.07) is 9.42. The lowest BCUT2D eigenvalue weighted by molar-refractivity contribution is -0.387. The van der Waals surface area contributed by atoms with Crippen LogP contribution in [0.15, 0.2) is 45.3 Å². The average molecular weight is 418 g/mol. The zero-order chi connectivity index (χ0) is 15.6. The van der Waals surface area contributed by atoms with Gasteiger partial charge in [-0.25, -0.2) is 0 Å². The molecule has 4 nitrogen and oxygen atoms in total. The van der Waals surface area contributed by atoms with Crippen LogP contribution in [-0.4, -0.2) is 4.92 Å². The van der Waals surface area contributed by atoms with Crippen LogP contribution in [0.2, 0.25) is 0 Å². The topological polar surface area (TPSA) is 55.2 Å². The number of nitrogens with one attached hydrogen (secondary N) is 1. The van der Waals surface area contributed by atoms with Crippen LogP contribution in [0.1, 0.15) is 18.5 Å². The van der Waals surface area contributed by atoms with E-state index in [0.717, 1.165) is 20.6 Å². The Hall–Kier alpha value is -1.47. The Balaban J connectivity index is 2.25. The van der Waals surface area contributed by atoms with Crippen molar-refractivity contribution in [1.82, 2.24) is 0 Å². The molecule has 7 heteroatoms. The van der Waals surface area contributed by atoms with Gasteiger partial charge in [0.25, 0.3) is 0 Å². The van der Waals surface area contributed by atoms with Crippen LogP contribution in [0.3, 0.4) is 0 Å². The second kappa shape index (κ2) is 6.53. The first-order chi connectivity index (χ1) is 9.88. The Kier molecular flexibility index (Phi) is 4.95. The Bertz CT molecular complexity index is 695. The zero-order valence-corrected chi connectivity index (χ0v) is 14.1. The number of halogens is 3. The second-order valence-electron chi connectivity index (χ2n) is 4.46. The second-order valence-corrected chi connectivity index (χ2v) is 6.23. The lowest BCUT2D eigenvalue weighted by Crippen LogP contribution is -2.08. The number of hydrogen-bond donors (Lipinski definition) is 1. The molecule has 0 spiro atoms. The summed E-state index contributed by atoms with van der Waals surface area (Å²) in [5.41, 5.74) is 0.942. The third-order valence-electron chi connectivity index (χ3n) is 2.96. The molecule has 0 fully saturated rings. The van der Waals surface area contributed by atoms with E-state index >= 15 is 0 Å². The van der Waals surface area contributed by atoms with Crippen molar-refractivity contribution in [2.45, 2.75) is 13.0 Å². The standard InChI is InChI=1S/C14H11Br2FN2O2/c1-8(11-4-2-9(15)6-12(11)16)18-10-3-5-13(17)14(7-10)19(20)21/h2-8,18H,1H3. The number of benzene rings is 2. The molecule has 0 saturated heterocycles. The molecule has 110 valence electrons. The molecule has 0 aliphatic rings. The van der Waals surface area contributed by atoms with Crippen LogP contribution < -0.4 is 5.32 Å². The highest BCUT2D eigenvalue weighted by molar-refractivity contribution is 9.11. The predicted octanol–water partition coefficient (Wildman–Crippen LogP) is 5.43. The maximum atomic E-state index is 13.3. The highest BCUT2D eigenvalue weighted by Gasteiger charge is 2.16. The molecule has 2 aromatic rings. The first-order valence-corrected chi connectivity index (χ1v) is 7.62. The van der Waals surface area contributed by atoms with Gasteiger partial charge in [-0.05, 0) is 36.8 Å². The molecule has 2 rings (SSSR count). The average Bonchev–Trinajstić information content (AvgIpc) is 2.40. The van der Waals surface area contributed by atoms with Crippen LogP contribution in [0.5, 0.6) is 0 Å². The van der Waals surface area contributed by atoms with Crippen molar-refractivity contribution in [3.63, 3.8) is 0 Å². The van der Waals surface area contributed by atoms with Crippen molar-refractivity contribution in [2.24, 2.45) is 0 Å². The molecule has 0 aromatic heterocycles. The molecular formula is C14H11Br2FN2O2. The minimum atomic E-state index is -0.844. The number of hydrogen-bond acceptors (Lipinski definition) is 3. The van der Waals surface area contributed by atoms with E-state index in [2.05, 4.69) is 37.2 Å². The van der Waals surface area contributed by atoms with E-state index in [-0.39, 0.29) is 6.04 Å². The molecule has 1 N–H and O–H groups in total. The lowest BCUT2D eigenvalue weighted by Gasteiger charge is -2.17. The summed E-state index contributed by atoms with van der Waals surface area (Å²) in [6.45, 7) is 1.92. The van der Waals surface area contributed by atoms with Gasteiger partial charge in [-0.15, -0.1) is 0 Å². The first-order valence-electron chi connectivity index (χ1n) is 6.04. The highest BCUT2D eigenvalue weighted by atomic mass is 79.9. The normalized spacial score (nSPS) is 12.0. The van der Waals surface area contributed by atoms with Crippen molar-refractivity contribution >= 4 is 43.2 Å². The summed E-state index contributed by atoms with van der Waals surface area (Å²) in [4.78, 5) is 10.0. The van der Waals surface area contributed by atoms with Crippen molar-refractivity contribution < 1.29 is 9.31 Å². The minimum Gasteiger partial charge on any atom is -0.378 e. The molecule has 0 bridgehead atoms. The third kappa shape index (κ3) is 3.79. The summed E-state index contributed by atoms with van der Waals surface area (Å²) in [6.07, 6.45) is 0. The fourth-order valence-electron chi connectivity index (χ4n) is 1.92. The molecule has 2 aromatic carbocycles. The molecule has 1 unspecified atom stereocenters. The molecular weight excluding hydrogens is 407 g/mol. The summed E-state index contributed by atoms with van der Waals surface area (Å²) < 4.78 is 15.2. The van der Waals surface area contributed by atoms with E-state index in [1.54, 1.807) is 0 Å². The molecule has 0 aliphatic heterocycles. The molecule has 0 heterocycles. The summed E-state index contributed by atoms with van der Waals surface area (Å²) in [5, 5.41) is 13.9. The van der Waals surface area contributed by atoms with Gasteiger partial charge in [0.15, 0.2) is 0 Å². The summed E-state index contributed by atoms with van der Waals surface area (Å²) >= 11 is 6.85. The van der Waals surface area contributed by atoms with Crippen molar-refractivity contribution in [2.75, 3.05) is 5.32 Å². The fraction of sp³-hybridized carbons (Fsp3) is 0.143. The van der Waals surface area contributed by atoms with E-state index in [1.807, 2.05) is 25.1 Å². The molecule has 0 amide bonds. The Morgan fingerprint density at radius 2 is 1.95 bits per heavy atom. The van der Waals surface area contributed by atoms with Crippen LogP contribution in [0.4, 0.5) is 15.8 Å². The van der Waals surface area contributed by atoms with Gasteiger partial charge < -0.3 is 5.32 Å². The van der Waals surface area contributed by atoms with Gasteiger partial charge in [0.2, 0.25) is 5.82 Å². The Morgan fingerprint density at radius 1 is 1.24 bits per heavy atom. The van der Waals surface area contributed by atoms with Gasteiger partial charge in [0.1, 0.15) is 0 Å². The van der Waals surface area contributed by atoms with E-state index < -0.39 is 16.4 Å². The molecule has 0 radical (unpaired) electrons. The maximum Gasteiger partial charge on any atom is 0.306 e. The summed E-state index contributed by atoms with van der Waals surface area (Å²) in [7, 11) is 0. The first kappa shape index (κ1) is 15.9. The molecule has 1 atom stereocenters. The van der Waals surface area contributed by atoms with Crippen LogP contribution in [0, 0.1) is 15.9 Å². The molecule has 0 saturated carbocycles. The smallest absolute Gasteiger partial charge is 0.306 e. The third-order valence-corrected chi connectivity index (χ3v) is 4.14. The van der Waals surface area contributed by atoms with Gasteiger partial charge >= 0.3 is 5.69 Å². The van der Waals surface area contributed by atoms with Crippen molar-refractivity contribution in [3.05, 3.63) is 66.8 Å². The predicted molar refractivity (Wildman–Crippen MR) is 86.9 cm³/mol. The van der Waals surface area contributed by atoms with Gasteiger partial charge in [0.05, 0.1) is 4.92 Å². The largest absolute Gasteiger partial charge is 0.378 e. The van der Waals surface area contributed by atoms with Gasteiger partial charge in [0, 0.05) is 26.7 Å². The van der Waals surface area contributed by atoms with Crippen LogP contribution in [-0.2, 0) is 0 Å².